The first kappa shape index (κ1) is 19.4. The molecule has 1 aromatic carbocycles. The van der Waals surface area contributed by atoms with Crippen LogP contribution in [0.2, 0.25) is 0 Å². The Morgan fingerprint density at radius 3 is 2.62 bits per heavy atom. The molecule has 6 nitrogen and oxygen atoms in total. The zero-order chi connectivity index (χ0) is 19.4. The van der Waals surface area contributed by atoms with Gasteiger partial charge in [0.1, 0.15) is 22.8 Å². The quantitative estimate of drug-likeness (QED) is 0.405. The molecule has 0 bridgehead atoms. The van der Waals surface area contributed by atoms with E-state index in [9.17, 15) is 17.5 Å². The zero-order valence-electron chi connectivity index (χ0n) is 13.8. The van der Waals surface area contributed by atoms with Gasteiger partial charge in [0.15, 0.2) is 24.3 Å². The molecule has 136 valence electrons. The van der Waals surface area contributed by atoms with Crippen molar-refractivity contribution in [3.63, 3.8) is 0 Å². The van der Waals surface area contributed by atoms with Gasteiger partial charge in [0.25, 0.3) is 0 Å². The van der Waals surface area contributed by atoms with Gasteiger partial charge in [0, 0.05) is 18.0 Å². The third-order valence-electron chi connectivity index (χ3n) is 3.28. The number of hydrogen-bond donors (Lipinski definition) is 2. The Bertz CT molecular complexity index is 966. The van der Waals surface area contributed by atoms with Crippen LogP contribution in [0.5, 0.6) is 0 Å². The van der Waals surface area contributed by atoms with Crippen LogP contribution in [0, 0.1) is 17.0 Å². The van der Waals surface area contributed by atoms with Crippen molar-refractivity contribution in [1.29, 1.82) is 5.41 Å². The van der Waals surface area contributed by atoms with Crippen molar-refractivity contribution in [2.75, 3.05) is 5.73 Å². The molecular formula is C16H14F3N5OS. The van der Waals surface area contributed by atoms with Crippen LogP contribution in [0.4, 0.5) is 18.4 Å². The third-order valence-corrected chi connectivity index (χ3v) is 3.71. The van der Waals surface area contributed by atoms with Gasteiger partial charge in [0.05, 0.1) is 23.0 Å². The fourth-order valence-corrected chi connectivity index (χ4v) is 2.58. The number of fused-ring (bicyclic) bond motifs is 1. The Hall–Kier alpha value is -2.88. The van der Waals surface area contributed by atoms with Crippen molar-refractivity contribution in [2.45, 2.75) is 13.8 Å². The Morgan fingerprint density at radius 2 is 2.04 bits per heavy atom. The van der Waals surface area contributed by atoms with Gasteiger partial charge in [-0.1, -0.05) is 13.8 Å². The molecule has 3 rings (SSSR count). The zero-order valence-corrected chi connectivity index (χ0v) is 14.6. The lowest BCUT2D eigenvalue weighted by Gasteiger charge is -2.09. The number of nitrogens with one attached hydrogen (secondary N) is 1. The minimum Gasteiger partial charge on any atom is -0.398 e. The third kappa shape index (κ3) is 3.40. The molecule has 0 unspecified atom stereocenters. The highest BCUT2D eigenvalue weighted by molar-refractivity contribution is 7.92. The van der Waals surface area contributed by atoms with Crippen molar-refractivity contribution in [1.82, 2.24) is 13.9 Å². The number of nitrogen functional groups attached to an aromatic ring is 1. The standard InChI is InChI=1S/C14H8F3N5OS.C2H6/c15-7-1-8(16)11(9(18)2-7)12(19)10-3-20-14-13(21-10)6(5-23)4-22(14)24-17;1-2/h1-5,19H,18H2;1-2H3. The lowest BCUT2D eigenvalue weighted by Crippen LogP contribution is -2.11. The highest BCUT2D eigenvalue weighted by atomic mass is 32.2. The van der Waals surface area contributed by atoms with Gasteiger partial charge < -0.3 is 5.73 Å². The van der Waals surface area contributed by atoms with Gasteiger partial charge in [-0.15, -0.1) is 3.89 Å². The number of halogens is 3. The largest absolute Gasteiger partial charge is 0.398 e. The van der Waals surface area contributed by atoms with E-state index < -0.39 is 17.3 Å². The summed E-state index contributed by atoms with van der Waals surface area (Å²) < 4.78 is 40.9. The highest BCUT2D eigenvalue weighted by Crippen LogP contribution is 2.24. The molecule has 0 aliphatic carbocycles. The Balaban J connectivity index is 0.00000117. The maximum absolute atomic E-state index is 13.9. The monoisotopic (exact) mass is 381 g/mol. The number of aldehydes is 1. The maximum Gasteiger partial charge on any atom is 0.171 e. The van der Waals surface area contributed by atoms with Gasteiger partial charge in [-0.2, -0.15) is 0 Å². The van der Waals surface area contributed by atoms with Crippen LogP contribution in [-0.4, -0.2) is 25.9 Å². The van der Waals surface area contributed by atoms with Crippen LogP contribution < -0.4 is 5.73 Å². The van der Waals surface area contributed by atoms with Crippen molar-refractivity contribution in [2.24, 2.45) is 0 Å². The number of benzene rings is 1. The van der Waals surface area contributed by atoms with E-state index in [0.29, 0.717) is 12.4 Å². The molecule has 0 radical (unpaired) electrons. The van der Waals surface area contributed by atoms with Gasteiger partial charge in [-0.25, -0.2) is 22.7 Å². The SMILES string of the molecule is CC.N=C(c1cnc2c(n1)c(C=O)cn2SF)c1c(N)cc(F)cc1F. The first-order chi connectivity index (χ1) is 12.5. The number of carbonyl (C=O) groups excluding carboxylic acids is 1. The summed E-state index contributed by atoms with van der Waals surface area (Å²) in [5, 5.41) is 8.06. The van der Waals surface area contributed by atoms with Gasteiger partial charge in [0.2, 0.25) is 0 Å². The van der Waals surface area contributed by atoms with E-state index in [1.54, 1.807) is 0 Å². The molecule has 0 saturated carbocycles. The van der Waals surface area contributed by atoms with E-state index in [0.717, 1.165) is 16.2 Å². The predicted octanol–water partition coefficient (Wildman–Crippen LogP) is 3.93. The van der Waals surface area contributed by atoms with Crippen LogP contribution in [-0.2, 0) is 0 Å². The number of anilines is 1. The molecular weight excluding hydrogens is 367 g/mol. The Kier molecular flexibility index (Phi) is 5.98. The summed E-state index contributed by atoms with van der Waals surface area (Å²) >= 11 is -0.168. The molecule has 0 aliphatic rings. The van der Waals surface area contributed by atoms with E-state index in [-0.39, 0.29) is 46.0 Å². The normalized spacial score (nSPS) is 10.3. The minimum absolute atomic E-state index is 0.0542. The molecule has 26 heavy (non-hydrogen) atoms. The highest BCUT2D eigenvalue weighted by Gasteiger charge is 2.19. The van der Waals surface area contributed by atoms with E-state index in [4.69, 9.17) is 11.1 Å². The fourth-order valence-electron chi connectivity index (χ4n) is 2.23. The molecule has 0 spiro atoms. The molecule has 0 atom stereocenters. The Morgan fingerprint density at radius 1 is 1.35 bits per heavy atom. The molecule has 10 heteroatoms. The molecule has 3 aromatic rings. The van der Waals surface area contributed by atoms with Crippen molar-refractivity contribution in [3.8, 4) is 0 Å². The lowest BCUT2D eigenvalue weighted by atomic mass is 10.0. The summed E-state index contributed by atoms with van der Waals surface area (Å²) in [5.41, 5.74) is 4.63. The summed E-state index contributed by atoms with van der Waals surface area (Å²) in [7, 11) is 0. The summed E-state index contributed by atoms with van der Waals surface area (Å²) in [4.78, 5) is 19.1. The fraction of sp³-hybridized carbons (Fsp3) is 0.125. The average molecular weight is 381 g/mol. The molecule has 0 saturated heterocycles. The second-order valence-electron chi connectivity index (χ2n) is 4.75. The van der Waals surface area contributed by atoms with E-state index >= 15 is 0 Å². The molecule has 3 N–H and O–H groups in total. The summed E-state index contributed by atoms with van der Waals surface area (Å²) in [5.74, 6) is -1.89. The van der Waals surface area contributed by atoms with E-state index in [2.05, 4.69) is 9.97 Å². The molecule has 0 amide bonds. The van der Waals surface area contributed by atoms with Crippen molar-refractivity contribution < 1.29 is 17.5 Å². The lowest BCUT2D eigenvalue weighted by molar-refractivity contribution is 0.112. The van der Waals surface area contributed by atoms with Crippen LogP contribution >= 0.6 is 12.3 Å². The number of carbonyl (C=O) groups is 1. The molecule has 0 aliphatic heterocycles. The van der Waals surface area contributed by atoms with Crippen LogP contribution in [0.3, 0.4) is 0 Å². The van der Waals surface area contributed by atoms with E-state index in [1.807, 2.05) is 13.8 Å². The van der Waals surface area contributed by atoms with Crippen LogP contribution in [0.25, 0.3) is 11.2 Å². The molecule has 0 fully saturated rings. The van der Waals surface area contributed by atoms with Crippen LogP contribution in [0.15, 0.2) is 24.5 Å². The Labute approximate surface area is 151 Å². The average Bonchev–Trinajstić information content (AvgIpc) is 2.99. The minimum atomic E-state index is -1.02. The summed E-state index contributed by atoms with van der Waals surface area (Å²) in [6.07, 6.45) is 2.78. The van der Waals surface area contributed by atoms with Crippen molar-refractivity contribution in [3.05, 3.63) is 53.0 Å². The number of nitrogens with zero attached hydrogens (tertiary/aromatic N) is 3. The van der Waals surface area contributed by atoms with Crippen LogP contribution in [0.1, 0.15) is 35.5 Å². The number of nitrogens with two attached hydrogens (primary N) is 1. The first-order valence-corrected chi connectivity index (χ1v) is 8.09. The van der Waals surface area contributed by atoms with Crippen molar-refractivity contribution >= 4 is 41.2 Å². The number of rotatable bonds is 4. The summed E-state index contributed by atoms with van der Waals surface area (Å²) in [6.45, 7) is 4.00. The predicted molar refractivity (Wildman–Crippen MR) is 95.1 cm³/mol. The number of hydrogen-bond acceptors (Lipinski definition) is 6. The topological polar surface area (TPSA) is 97.6 Å². The smallest absolute Gasteiger partial charge is 0.171 e. The molecule has 2 aromatic heterocycles. The maximum atomic E-state index is 13.9. The van der Waals surface area contributed by atoms with Gasteiger partial charge in [-0.3, -0.25) is 10.2 Å². The second-order valence-corrected chi connectivity index (χ2v) is 5.28. The van der Waals surface area contributed by atoms with E-state index in [1.165, 1.54) is 6.20 Å². The van der Waals surface area contributed by atoms with Gasteiger partial charge in [-0.05, 0) is 6.07 Å². The first-order valence-electron chi connectivity index (χ1n) is 7.42. The summed E-state index contributed by atoms with van der Waals surface area (Å²) in [6, 6.07) is 1.48. The second kappa shape index (κ2) is 8.00. The number of aromatic nitrogens is 3. The van der Waals surface area contributed by atoms with Gasteiger partial charge >= 0.3 is 0 Å². The molecule has 2 heterocycles.